The minimum atomic E-state index is -0.369. The SMILES string of the molecule is CC(=O)Oc1nc(N=CN(C)C)sc1C. The van der Waals surface area contributed by atoms with Gasteiger partial charge < -0.3 is 9.64 Å². The molecular formula is C9H13N3O2S. The maximum atomic E-state index is 10.7. The van der Waals surface area contributed by atoms with Gasteiger partial charge in [0, 0.05) is 21.0 Å². The number of carbonyl (C=O) groups excluding carboxylic acids is 1. The molecule has 1 heterocycles. The molecule has 15 heavy (non-hydrogen) atoms. The van der Waals surface area contributed by atoms with E-state index in [4.69, 9.17) is 4.74 Å². The lowest BCUT2D eigenvalue weighted by Gasteiger charge is -1.99. The number of aliphatic imine (C=N–C) groups is 1. The summed E-state index contributed by atoms with van der Waals surface area (Å²) in [5, 5.41) is 0.581. The van der Waals surface area contributed by atoms with Crippen molar-refractivity contribution in [3.63, 3.8) is 0 Å². The Labute approximate surface area is 92.4 Å². The molecule has 0 saturated heterocycles. The largest absolute Gasteiger partial charge is 0.406 e. The van der Waals surface area contributed by atoms with E-state index in [0.29, 0.717) is 11.0 Å². The van der Waals surface area contributed by atoms with Gasteiger partial charge >= 0.3 is 5.97 Å². The third-order valence-electron chi connectivity index (χ3n) is 1.38. The van der Waals surface area contributed by atoms with Crippen LogP contribution in [0, 0.1) is 6.92 Å². The van der Waals surface area contributed by atoms with Crippen LogP contribution in [0.3, 0.4) is 0 Å². The maximum absolute atomic E-state index is 10.7. The summed E-state index contributed by atoms with van der Waals surface area (Å²) >= 11 is 1.39. The molecule has 1 rings (SSSR count). The number of nitrogens with zero attached hydrogens (tertiary/aromatic N) is 3. The van der Waals surface area contributed by atoms with Crippen LogP contribution in [0.25, 0.3) is 0 Å². The molecule has 0 radical (unpaired) electrons. The van der Waals surface area contributed by atoms with E-state index in [9.17, 15) is 4.79 Å². The van der Waals surface area contributed by atoms with Crippen LogP contribution in [0.15, 0.2) is 4.99 Å². The fraction of sp³-hybridized carbons (Fsp3) is 0.444. The van der Waals surface area contributed by atoms with Crippen molar-refractivity contribution in [1.29, 1.82) is 0 Å². The Kier molecular flexibility index (Phi) is 3.79. The molecule has 82 valence electrons. The summed E-state index contributed by atoms with van der Waals surface area (Å²) in [4.78, 5) is 21.6. The van der Waals surface area contributed by atoms with Crippen molar-refractivity contribution in [2.45, 2.75) is 13.8 Å². The summed E-state index contributed by atoms with van der Waals surface area (Å²) in [5.41, 5.74) is 0. The van der Waals surface area contributed by atoms with Crippen molar-refractivity contribution in [3.05, 3.63) is 4.88 Å². The summed E-state index contributed by atoms with van der Waals surface area (Å²) in [6.45, 7) is 3.19. The van der Waals surface area contributed by atoms with Gasteiger partial charge in [-0.15, -0.1) is 0 Å². The number of hydrogen-bond donors (Lipinski definition) is 0. The lowest BCUT2D eigenvalue weighted by Crippen LogP contribution is -2.06. The van der Waals surface area contributed by atoms with Crippen molar-refractivity contribution in [2.75, 3.05) is 14.1 Å². The lowest BCUT2D eigenvalue weighted by atomic mass is 10.6. The average molecular weight is 227 g/mol. The van der Waals surface area contributed by atoms with E-state index in [2.05, 4.69) is 9.98 Å². The molecule has 0 fully saturated rings. The first-order chi connectivity index (χ1) is 6.99. The van der Waals surface area contributed by atoms with E-state index in [1.54, 1.807) is 6.34 Å². The number of thiazole rings is 1. The first-order valence-corrected chi connectivity index (χ1v) is 5.17. The number of esters is 1. The van der Waals surface area contributed by atoms with E-state index in [-0.39, 0.29) is 5.97 Å². The molecule has 0 unspecified atom stereocenters. The Bertz CT molecular complexity index is 385. The molecule has 0 atom stereocenters. The lowest BCUT2D eigenvalue weighted by molar-refractivity contribution is -0.132. The number of aromatic nitrogens is 1. The zero-order chi connectivity index (χ0) is 11.4. The van der Waals surface area contributed by atoms with Gasteiger partial charge in [-0.25, -0.2) is 4.99 Å². The maximum Gasteiger partial charge on any atom is 0.309 e. The van der Waals surface area contributed by atoms with Crippen LogP contribution in [0.5, 0.6) is 5.88 Å². The summed E-state index contributed by atoms with van der Waals surface area (Å²) in [6, 6.07) is 0. The van der Waals surface area contributed by atoms with Crippen LogP contribution >= 0.6 is 11.3 Å². The molecule has 6 heteroatoms. The highest BCUT2D eigenvalue weighted by Gasteiger charge is 2.09. The zero-order valence-electron chi connectivity index (χ0n) is 9.14. The van der Waals surface area contributed by atoms with Crippen molar-refractivity contribution in [2.24, 2.45) is 4.99 Å². The molecule has 1 aromatic heterocycles. The Morgan fingerprint density at radius 2 is 2.27 bits per heavy atom. The number of ether oxygens (including phenoxy) is 1. The summed E-state index contributed by atoms with van der Waals surface area (Å²) in [6.07, 6.45) is 1.65. The molecule has 0 amide bonds. The van der Waals surface area contributed by atoms with Crippen LogP contribution in [-0.4, -0.2) is 36.3 Å². The molecule has 0 aromatic carbocycles. The minimum absolute atomic E-state index is 0.346. The van der Waals surface area contributed by atoms with E-state index in [1.807, 2.05) is 25.9 Å². The van der Waals surface area contributed by atoms with Crippen molar-refractivity contribution < 1.29 is 9.53 Å². The molecule has 0 bridgehead atoms. The van der Waals surface area contributed by atoms with Crippen LogP contribution in [-0.2, 0) is 4.79 Å². The monoisotopic (exact) mass is 227 g/mol. The van der Waals surface area contributed by atoms with Gasteiger partial charge in [0.05, 0.1) is 11.2 Å². The molecule has 0 aliphatic heterocycles. The average Bonchev–Trinajstić information content (AvgIpc) is 2.43. The normalized spacial score (nSPS) is 10.7. The van der Waals surface area contributed by atoms with Crippen molar-refractivity contribution in [1.82, 2.24) is 9.88 Å². The molecule has 1 aromatic rings. The van der Waals surface area contributed by atoms with Gasteiger partial charge in [0.2, 0.25) is 11.0 Å². The zero-order valence-corrected chi connectivity index (χ0v) is 9.96. The highest BCUT2D eigenvalue weighted by molar-refractivity contribution is 7.15. The molecular weight excluding hydrogens is 214 g/mol. The number of aryl methyl sites for hydroxylation is 1. The quantitative estimate of drug-likeness (QED) is 0.447. The smallest absolute Gasteiger partial charge is 0.309 e. The predicted octanol–water partition coefficient (Wildman–Crippen LogP) is 1.60. The molecule has 0 spiro atoms. The number of hydrogen-bond acceptors (Lipinski definition) is 5. The summed E-state index contributed by atoms with van der Waals surface area (Å²) in [5.74, 6) is -0.0232. The second kappa shape index (κ2) is 4.88. The van der Waals surface area contributed by atoms with E-state index < -0.39 is 0 Å². The fourth-order valence-electron chi connectivity index (χ4n) is 0.820. The highest BCUT2D eigenvalue weighted by Crippen LogP contribution is 2.29. The summed E-state index contributed by atoms with van der Waals surface area (Å²) in [7, 11) is 3.74. The van der Waals surface area contributed by atoms with Gasteiger partial charge in [-0.05, 0) is 6.92 Å². The Hall–Kier alpha value is -1.43. The van der Waals surface area contributed by atoms with Crippen LogP contribution in [0.2, 0.25) is 0 Å². The number of rotatable bonds is 3. The third-order valence-corrected chi connectivity index (χ3v) is 2.24. The molecule has 0 saturated carbocycles. The predicted molar refractivity (Wildman–Crippen MR) is 60.0 cm³/mol. The highest BCUT2D eigenvalue weighted by atomic mass is 32.1. The van der Waals surface area contributed by atoms with E-state index >= 15 is 0 Å². The van der Waals surface area contributed by atoms with Gasteiger partial charge in [-0.2, -0.15) is 4.98 Å². The standard InChI is InChI=1S/C9H13N3O2S/c1-6-8(14-7(2)13)11-9(15-6)10-5-12(3)4/h5H,1-4H3. The second-order valence-corrected chi connectivity index (χ2v) is 4.34. The second-order valence-electron chi connectivity index (χ2n) is 3.16. The van der Waals surface area contributed by atoms with E-state index in [0.717, 1.165) is 4.88 Å². The third kappa shape index (κ3) is 3.67. The topological polar surface area (TPSA) is 54.8 Å². The van der Waals surface area contributed by atoms with Crippen LogP contribution in [0.1, 0.15) is 11.8 Å². The Balaban J connectivity index is 2.81. The minimum Gasteiger partial charge on any atom is -0.406 e. The van der Waals surface area contributed by atoms with Gasteiger partial charge in [-0.1, -0.05) is 11.3 Å². The molecule has 0 aliphatic carbocycles. The van der Waals surface area contributed by atoms with Crippen molar-refractivity contribution >= 4 is 28.8 Å². The first-order valence-electron chi connectivity index (χ1n) is 4.35. The molecule has 5 nitrogen and oxygen atoms in total. The van der Waals surface area contributed by atoms with Gasteiger partial charge in [0.25, 0.3) is 0 Å². The van der Waals surface area contributed by atoms with E-state index in [1.165, 1.54) is 18.3 Å². The fourth-order valence-corrected chi connectivity index (χ4v) is 1.50. The Morgan fingerprint density at radius 3 is 2.80 bits per heavy atom. The number of carbonyl (C=O) groups is 1. The van der Waals surface area contributed by atoms with Crippen molar-refractivity contribution in [3.8, 4) is 5.88 Å². The van der Waals surface area contributed by atoms with Crippen LogP contribution in [0.4, 0.5) is 5.13 Å². The molecule has 0 aliphatic rings. The van der Waals surface area contributed by atoms with Gasteiger partial charge in [0.1, 0.15) is 0 Å². The Morgan fingerprint density at radius 1 is 1.60 bits per heavy atom. The van der Waals surface area contributed by atoms with Gasteiger partial charge in [-0.3, -0.25) is 4.79 Å². The van der Waals surface area contributed by atoms with Crippen LogP contribution < -0.4 is 4.74 Å². The van der Waals surface area contributed by atoms with Gasteiger partial charge in [0.15, 0.2) is 0 Å². The molecule has 0 N–H and O–H groups in total. The first kappa shape index (κ1) is 11.6. The summed E-state index contributed by atoms with van der Waals surface area (Å²) < 4.78 is 4.91.